The third-order valence-electron chi connectivity index (χ3n) is 1.10. The van der Waals surface area contributed by atoms with Crippen LogP contribution in [0.5, 0.6) is 0 Å². The number of hydrogen-bond donors (Lipinski definition) is 1. The van der Waals surface area contributed by atoms with Gasteiger partial charge in [0.2, 0.25) is 5.91 Å². The topological polar surface area (TPSA) is 43.1 Å². The molecule has 0 saturated heterocycles. The predicted octanol–water partition coefficient (Wildman–Crippen LogP) is 0.137. The van der Waals surface area contributed by atoms with Crippen molar-refractivity contribution in [3.8, 4) is 0 Å². The largest absolute Gasteiger partial charge is 0.369 e. The van der Waals surface area contributed by atoms with Gasteiger partial charge in [-0.3, -0.25) is 4.79 Å². The molecule has 0 spiro atoms. The summed E-state index contributed by atoms with van der Waals surface area (Å²) < 4.78 is 0. The molecule has 0 bridgehead atoms. The average molecular weight is 108 g/mol. The first-order valence-electron chi connectivity index (χ1n) is 2.47. The molecule has 0 aromatic heterocycles. The van der Waals surface area contributed by atoms with Gasteiger partial charge in [-0.1, -0.05) is 13.8 Å². The van der Waals surface area contributed by atoms with Gasteiger partial charge in [0.25, 0.3) is 0 Å². The minimum atomic E-state index is -0.206. The third-order valence-corrected chi connectivity index (χ3v) is 1.10. The van der Waals surface area contributed by atoms with Crippen LogP contribution in [-0.2, 0) is 4.79 Å². The standard InChI is InChI=1S/C5H11NO.Li/c1-3-4(2)5(6)7;/h4H,3H2,1-2H3,(H2,6,7);. The van der Waals surface area contributed by atoms with Crippen LogP contribution in [-0.4, -0.2) is 24.8 Å². The van der Waals surface area contributed by atoms with E-state index in [0.29, 0.717) is 0 Å². The Labute approximate surface area is 62.0 Å². The fraction of sp³-hybridized carbons (Fsp3) is 0.800. The quantitative estimate of drug-likeness (QED) is 0.502. The van der Waals surface area contributed by atoms with Crippen LogP contribution in [0.1, 0.15) is 20.3 Å². The smallest absolute Gasteiger partial charge is 0.220 e. The number of amides is 1. The fourth-order valence-corrected chi connectivity index (χ4v) is 0.201. The molecule has 0 fully saturated rings. The number of carbonyl (C=O) groups is 1. The molecular weight excluding hydrogens is 97.0 g/mol. The van der Waals surface area contributed by atoms with Gasteiger partial charge in [-0.05, 0) is 6.42 Å². The van der Waals surface area contributed by atoms with Crippen molar-refractivity contribution in [2.45, 2.75) is 20.3 Å². The van der Waals surface area contributed by atoms with Gasteiger partial charge in [0.1, 0.15) is 0 Å². The van der Waals surface area contributed by atoms with Crippen LogP contribution in [0.4, 0.5) is 0 Å². The number of rotatable bonds is 2. The minimum absolute atomic E-state index is 0. The first kappa shape index (κ1) is 10.9. The van der Waals surface area contributed by atoms with E-state index in [1.165, 1.54) is 0 Å². The van der Waals surface area contributed by atoms with Gasteiger partial charge >= 0.3 is 0 Å². The van der Waals surface area contributed by atoms with E-state index in [4.69, 9.17) is 5.73 Å². The van der Waals surface area contributed by atoms with Gasteiger partial charge < -0.3 is 5.73 Å². The molecule has 0 aliphatic carbocycles. The normalized spacial score (nSPS) is 11.8. The third kappa shape index (κ3) is 4.23. The van der Waals surface area contributed by atoms with Crippen LogP contribution < -0.4 is 5.73 Å². The minimum Gasteiger partial charge on any atom is -0.369 e. The molecule has 8 heavy (non-hydrogen) atoms. The molecule has 1 radical (unpaired) electrons. The second-order valence-corrected chi connectivity index (χ2v) is 1.71. The summed E-state index contributed by atoms with van der Waals surface area (Å²) in [5.74, 6) is -0.164. The van der Waals surface area contributed by atoms with Crippen molar-refractivity contribution in [1.29, 1.82) is 0 Å². The average Bonchev–Trinajstić information content (AvgIpc) is 1.65. The Balaban J connectivity index is 0. The zero-order valence-corrected chi connectivity index (χ0v) is 5.77. The van der Waals surface area contributed by atoms with Crippen LogP contribution in [0.15, 0.2) is 0 Å². The van der Waals surface area contributed by atoms with Gasteiger partial charge in [0.15, 0.2) is 0 Å². The van der Waals surface area contributed by atoms with Crippen molar-refractivity contribution in [2.75, 3.05) is 0 Å². The number of carbonyl (C=O) groups excluding carboxylic acids is 1. The van der Waals surface area contributed by atoms with E-state index in [1.807, 2.05) is 13.8 Å². The number of nitrogens with two attached hydrogens (primary N) is 1. The molecule has 43 valence electrons. The molecule has 1 unspecified atom stereocenters. The Morgan fingerprint density at radius 2 is 2.12 bits per heavy atom. The van der Waals surface area contributed by atoms with Crippen molar-refractivity contribution in [3.63, 3.8) is 0 Å². The van der Waals surface area contributed by atoms with Crippen LogP contribution in [0.2, 0.25) is 0 Å². The molecule has 3 heteroatoms. The summed E-state index contributed by atoms with van der Waals surface area (Å²) in [6, 6.07) is 0. The Morgan fingerprint density at radius 1 is 1.75 bits per heavy atom. The number of primary amides is 1. The second kappa shape index (κ2) is 5.21. The molecule has 0 aliphatic heterocycles. The van der Waals surface area contributed by atoms with Crippen molar-refractivity contribution < 1.29 is 4.79 Å². The van der Waals surface area contributed by atoms with Gasteiger partial charge in [-0.15, -0.1) is 0 Å². The summed E-state index contributed by atoms with van der Waals surface area (Å²) in [7, 11) is 0. The molecular formula is C5H11LiNO. The van der Waals surface area contributed by atoms with E-state index in [0.717, 1.165) is 6.42 Å². The van der Waals surface area contributed by atoms with E-state index < -0.39 is 0 Å². The molecule has 0 aliphatic rings. The molecule has 0 aromatic carbocycles. The molecule has 1 amide bonds. The van der Waals surface area contributed by atoms with Crippen LogP contribution in [0.25, 0.3) is 0 Å². The van der Waals surface area contributed by atoms with Crippen molar-refractivity contribution in [3.05, 3.63) is 0 Å². The maximum Gasteiger partial charge on any atom is 0.220 e. The Hall–Kier alpha value is 0.0674. The summed E-state index contributed by atoms with van der Waals surface area (Å²) in [6.07, 6.45) is 0.843. The predicted molar refractivity (Wildman–Crippen MR) is 34.4 cm³/mol. The first-order valence-corrected chi connectivity index (χ1v) is 2.47. The molecule has 0 aromatic rings. The summed E-state index contributed by atoms with van der Waals surface area (Å²) in [6.45, 7) is 3.76. The Bertz CT molecular complexity index is 74.8. The van der Waals surface area contributed by atoms with Crippen molar-refractivity contribution in [2.24, 2.45) is 11.7 Å². The molecule has 1 atom stereocenters. The van der Waals surface area contributed by atoms with Crippen LogP contribution in [0, 0.1) is 5.92 Å². The monoisotopic (exact) mass is 108 g/mol. The van der Waals surface area contributed by atoms with Gasteiger partial charge in [-0.25, -0.2) is 0 Å². The fourth-order valence-electron chi connectivity index (χ4n) is 0.201. The SMILES string of the molecule is CCC(C)C(N)=O.[Li]. The Kier molecular flexibility index (Phi) is 7.13. The van der Waals surface area contributed by atoms with Gasteiger partial charge in [0, 0.05) is 24.8 Å². The van der Waals surface area contributed by atoms with Crippen molar-refractivity contribution in [1.82, 2.24) is 0 Å². The molecule has 2 N–H and O–H groups in total. The van der Waals surface area contributed by atoms with E-state index in [9.17, 15) is 4.79 Å². The van der Waals surface area contributed by atoms with Crippen LogP contribution >= 0.6 is 0 Å². The number of hydrogen-bond acceptors (Lipinski definition) is 1. The molecule has 0 heterocycles. The summed E-state index contributed by atoms with van der Waals surface area (Å²) in [4.78, 5) is 10.2. The maximum absolute atomic E-state index is 10.2. The summed E-state index contributed by atoms with van der Waals surface area (Å²) in [5.41, 5.74) is 4.91. The Morgan fingerprint density at radius 3 is 2.12 bits per heavy atom. The van der Waals surface area contributed by atoms with Gasteiger partial charge in [-0.2, -0.15) is 0 Å². The second-order valence-electron chi connectivity index (χ2n) is 1.71. The van der Waals surface area contributed by atoms with E-state index >= 15 is 0 Å². The van der Waals surface area contributed by atoms with Crippen molar-refractivity contribution >= 4 is 24.8 Å². The van der Waals surface area contributed by atoms with E-state index in [1.54, 1.807) is 0 Å². The molecule has 0 rings (SSSR count). The zero-order valence-electron chi connectivity index (χ0n) is 5.77. The molecule has 2 nitrogen and oxygen atoms in total. The zero-order chi connectivity index (χ0) is 5.86. The van der Waals surface area contributed by atoms with Gasteiger partial charge in [0.05, 0.1) is 0 Å². The van der Waals surface area contributed by atoms with Crippen LogP contribution in [0.3, 0.4) is 0 Å². The van der Waals surface area contributed by atoms with E-state index in [-0.39, 0.29) is 30.7 Å². The maximum atomic E-state index is 10.2. The van der Waals surface area contributed by atoms with E-state index in [2.05, 4.69) is 0 Å². The molecule has 0 saturated carbocycles. The first-order chi connectivity index (χ1) is 3.18. The summed E-state index contributed by atoms with van der Waals surface area (Å²) in [5, 5.41) is 0. The summed E-state index contributed by atoms with van der Waals surface area (Å²) >= 11 is 0.